The number of benzene rings is 1. The number of carbonyl (C=O) groups is 2. The largest absolute Gasteiger partial charge is 0.466 e. The molecule has 6 heteroatoms. The Hall–Kier alpha value is -1.56. The number of halogens is 1. The molecule has 1 aromatic rings. The number of hydrogen-bond donors (Lipinski definition) is 0. The lowest BCUT2D eigenvalue weighted by atomic mass is 10.2. The molecule has 0 spiro atoms. The molecular weight excluding hydrogens is 293 g/mol. The van der Waals surface area contributed by atoms with Crippen LogP contribution < -0.4 is 0 Å². The molecule has 1 aliphatic rings. The van der Waals surface area contributed by atoms with Crippen LogP contribution in [0.3, 0.4) is 0 Å². The van der Waals surface area contributed by atoms with E-state index >= 15 is 0 Å². The van der Waals surface area contributed by atoms with E-state index in [0.717, 1.165) is 5.75 Å². The van der Waals surface area contributed by atoms with Gasteiger partial charge in [0, 0.05) is 24.3 Å². The summed E-state index contributed by atoms with van der Waals surface area (Å²) in [5.74, 6) is -0.0500. The van der Waals surface area contributed by atoms with Crippen LogP contribution in [-0.2, 0) is 14.3 Å². The van der Waals surface area contributed by atoms with Gasteiger partial charge in [-0.3, -0.25) is 9.59 Å². The fourth-order valence-electron chi connectivity index (χ4n) is 2.24. The van der Waals surface area contributed by atoms with Crippen LogP contribution in [0, 0.1) is 5.82 Å². The minimum absolute atomic E-state index is 0.0673. The molecule has 1 aliphatic heterocycles. The van der Waals surface area contributed by atoms with Gasteiger partial charge in [0.25, 0.3) is 0 Å². The first-order valence-corrected chi connectivity index (χ1v) is 7.99. The van der Waals surface area contributed by atoms with Gasteiger partial charge in [0.2, 0.25) is 5.91 Å². The number of hydrogen-bond acceptors (Lipinski definition) is 4. The normalized spacial score (nSPS) is 17.8. The van der Waals surface area contributed by atoms with Crippen LogP contribution in [0.4, 0.5) is 4.39 Å². The number of rotatable bonds is 5. The van der Waals surface area contributed by atoms with E-state index in [2.05, 4.69) is 0 Å². The molecule has 1 unspecified atom stereocenters. The molecule has 4 nitrogen and oxygen atoms in total. The van der Waals surface area contributed by atoms with Crippen molar-refractivity contribution in [1.29, 1.82) is 0 Å². The Morgan fingerprint density at radius 1 is 1.38 bits per heavy atom. The van der Waals surface area contributed by atoms with Crippen molar-refractivity contribution in [2.75, 3.05) is 18.9 Å². The Morgan fingerprint density at radius 3 is 2.86 bits per heavy atom. The summed E-state index contributed by atoms with van der Waals surface area (Å²) in [6, 6.07) is 6.49. The quantitative estimate of drug-likeness (QED) is 0.785. The van der Waals surface area contributed by atoms with Gasteiger partial charge in [-0.2, -0.15) is 0 Å². The van der Waals surface area contributed by atoms with E-state index in [0.29, 0.717) is 18.7 Å². The minimum Gasteiger partial charge on any atom is -0.466 e. The molecule has 0 aromatic heterocycles. The second-order valence-corrected chi connectivity index (χ2v) is 5.82. The summed E-state index contributed by atoms with van der Waals surface area (Å²) in [5, 5.41) is -0.305. The van der Waals surface area contributed by atoms with Crippen LogP contribution in [0.1, 0.15) is 30.7 Å². The monoisotopic (exact) mass is 311 g/mol. The van der Waals surface area contributed by atoms with Gasteiger partial charge in [0.1, 0.15) is 11.2 Å². The van der Waals surface area contributed by atoms with Crippen molar-refractivity contribution in [2.45, 2.75) is 25.1 Å². The van der Waals surface area contributed by atoms with Gasteiger partial charge < -0.3 is 9.64 Å². The molecule has 0 radical (unpaired) electrons. The summed E-state index contributed by atoms with van der Waals surface area (Å²) >= 11 is 1.54. The van der Waals surface area contributed by atoms with E-state index in [-0.39, 0.29) is 35.9 Å². The molecule has 0 saturated carbocycles. The molecule has 2 rings (SSSR count). The van der Waals surface area contributed by atoms with Gasteiger partial charge in [-0.25, -0.2) is 4.39 Å². The summed E-state index contributed by atoms with van der Waals surface area (Å²) in [6.45, 7) is 2.61. The number of ether oxygens (including phenoxy) is 1. The van der Waals surface area contributed by atoms with Crippen LogP contribution in [0.2, 0.25) is 0 Å². The molecule has 1 atom stereocenters. The van der Waals surface area contributed by atoms with Crippen LogP contribution in [0.15, 0.2) is 24.3 Å². The highest BCUT2D eigenvalue weighted by Crippen LogP contribution is 2.39. The lowest BCUT2D eigenvalue weighted by Gasteiger charge is -2.24. The highest BCUT2D eigenvalue weighted by atomic mass is 32.2. The van der Waals surface area contributed by atoms with Crippen molar-refractivity contribution < 1.29 is 18.7 Å². The molecule has 1 fully saturated rings. The zero-order valence-corrected chi connectivity index (χ0v) is 12.7. The predicted octanol–water partition coefficient (Wildman–Crippen LogP) is 2.74. The van der Waals surface area contributed by atoms with Gasteiger partial charge >= 0.3 is 5.97 Å². The molecule has 1 heterocycles. The van der Waals surface area contributed by atoms with Crippen LogP contribution in [-0.4, -0.2) is 35.7 Å². The Morgan fingerprint density at radius 2 is 2.14 bits per heavy atom. The van der Waals surface area contributed by atoms with Crippen molar-refractivity contribution in [3.05, 3.63) is 35.6 Å². The van der Waals surface area contributed by atoms with Gasteiger partial charge in [0.05, 0.1) is 13.0 Å². The zero-order chi connectivity index (χ0) is 15.2. The number of carbonyl (C=O) groups excluding carboxylic acids is 2. The second kappa shape index (κ2) is 7.45. The third-order valence-corrected chi connectivity index (χ3v) is 4.47. The van der Waals surface area contributed by atoms with E-state index in [1.807, 2.05) is 0 Å². The standard InChI is InChI=1S/C15H18FNO3S/c1-2-20-14(19)8-7-13(18)17-9-10-21-15(17)11-5-3-4-6-12(11)16/h3-6,15H,2,7-10H2,1H3. The lowest BCUT2D eigenvalue weighted by Crippen LogP contribution is -2.31. The third kappa shape index (κ3) is 3.97. The van der Waals surface area contributed by atoms with Crippen LogP contribution >= 0.6 is 11.8 Å². The van der Waals surface area contributed by atoms with E-state index in [1.165, 1.54) is 17.8 Å². The summed E-state index contributed by atoms with van der Waals surface area (Å²) in [7, 11) is 0. The highest BCUT2D eigenvalue weighted by molar-refractivity contribution is 7.99. The maximum atomic E-state index is 13.9. The average Bonchev–Trinajstić information content (AvgIpc) is 2.95. The third-order valence-electron chi connectivity index (χ3n) is 3.23. The second-order valence-electron chi connectivity index (χ2n) is 4.64. The van der Waals surface area contributed by atoms with Crippen molar-refractivity contribution in [1.82, 2.24) is 4.90 Å². The van der Waals surface area contributed by atoms with Gasteiger partial charge in [-0.05, 0) is 13.0 Å². The Labute approximate surface area is 127 Å². The first kappa shape index (κ1) is 15.8. The lowest BCUT2D eigenvalue weighted by molar-refractivity contribution is -0.145. The molecule has 1 amide bonds. The van der Waals surface area contributed by atoms with Crippen molar-refractivity contribution >= 4 is 23.6 Å². The zero-order valence-electron chi connectivity index (χ0n) is 11.9. The summed E-state index contributed by atoms with van der Waals surface area (Å²) < 4.78 is 18.7. The summed E-state index contributed by atoms with van der Waals surface area (Å²) in [5.41, 5.74) is 0.518. The molecule has 1 saturated heterocycles. The van der Waals surface area contributed by atoms with Crippen molar-refractivity contribution in [3.63, 3.8) is 0 Å². The molecule has 0 bridgehead atoms. The maximum Gasteiger partial charge on any atom is 0.306 e. The van der Waals surface area contributed by atoms with E-state index < -0.39 is 0 Å². The SMILES string of the molecule is CCOC(=O)CCC(=O)N1CCSC1c1ccccc1F. The van der Waals surface area contributed by atoms with Crippen molar-refractivity contribution in [2.24, 2.45) is 0 Å². The molecule has 21 heavy (non-hydrogen) atoms. The fourth-order valence-corrected chi connectivity index (χ4v) is 3.54. The molecular formula is C15H18FNO3S. The number of nitrogens with zero attached hydrogens (tertiary/aromatic N) is 1. The highest BCUT2D eigenvalue weighted by Gasteiger charge is 2.32. The fraction of sp³-hybridized carbons (Fsp3) is 0.467. The predicted molar refractivity (Wildman–Crippen MR) is 79.2 cm³/mol. The van der Waals surface area contributed by atoms with Gasteiger partial charge in [0.15, 0.2) is 0 Å². The summed E-state index contributed by atoms with van der Waals surface area (Å²) in [6.07, 6.45) is 0.169. The van der Waals surface area contributed by atoms with Crippen LogP contribution in [0.5, 0.6) is 0 Å². The number of thioether (sulfide) groups is 1. The number of amides is 1. The Bertz CT molecular complexity index is 523. The van der Waals surface area contributed by atoms with E-state index in [4.69, 9.17) is 4.74 Å². The molecule has 114 valence electrons. The van der Waals surface area contributed by atoms with E-state index in [1.54, 1.807) is 30.0 Å². The first-order valence-electron chi connectivity index (χ1n) is 6.94. The average molecular weight is 311 g/mol. The van der Waals surface area contributed by atoms with Crippen molar-refractivity contribution in [3.8, 4) is 0 Å². The first-order chi connectivity index (χ1) is 10.1. The Balaban J connectivity index is 2.00. The molecule has 1 aromatic carbocycles. The Kier molecular flexibility index (Phi) is 5.61. The van der Waals surface area contributed by atoms with E-state index in [9.17, 15) is 14.0 Å². The molecule has 0 N–H and O–H groups in total. The topological polar surface area (TPSA) is 46.6 Å². The molecule has 0 aliphatic carbocycles. The maximum absolute atomic E-state index is 13.9. The number of esters is 1. The smallest absolute Gasteiger partial charge is 0.306 e. The summed E-state index contributed by atoms with van der Waals surface area (Å²) in [4.78, 5) is 25.2. The van der Waals surface area contributed by atoms with Gasteiger partial charge in [-0.15, -0.1) is 11.8 Å². The van der Waals surface area contributed by atoms with Crippen LogP contribution in [0.25, 0.3) is 0 Å². The van der Waals surface area contributed by atoms with Gasteiger partial charge in [-0.1, -0.05) is 18.2 Å². The minimum atomic E-state index is -0.375.